The predicted octanol–water partition coefficient (Wildman–Crippen LogP) is 4.07. The molecule has 4 bridgehead atoms. The van der Waals surface area contributed by atoms with Crippen LogP contribution in [0.25, 0.3) is 0 Å². The highest BCUT2D eigenvalue weighted by atomic mass is 14.7. The van der Waals surface area contributed by atoms with Crippen LogP contribution >= 0.6 is 0 Å². The van der Waals surface area contributed by atoms with Gasteiger partial charge in [-0.1, -0.05) is 29.8 Å². The number of benzene rings is 1. The van der Waals surface area contributed by atoms with Crippen molar-refractivity contribution < 1.29 is 0 Å². The molecule has 0 heterocycles. The molecule has 4 saturated carbocycles. The molecule has 0 aromatic heterocycles. The molecule has 4 fully saturated rings. The minimum atomic E-state index is 0.273. The Hall–Kier alpha value is -0.820. The summed E-state index contributed by atoms with van der Waals surface area (Å²) in [6.07, 6.45) is 7.40. The summed E-state index contributed by atoms with van der Waals surface area (Å²) in [5, 5.41) is 0. The first kappa shape index (κ1) is 12.0. The Labute approximate surface area is 116 Å². The highest BCUT2D eigenvalue weighted by Gasteiger charge is 2.49. The van der Waals surface area contributed by atoms with E-state index in [0.717, 1.165) is 29.6 Å². The summed E-state index contributed by atoms with van der Waals surface area (Å²) in [5.41, 5.74) is 9.41. The van der Waals surface area contributed by atoms with Gasteiger partial charge in [0.1, 0.15) is 0 Å². The largest absolute Gasteiger partial charge is 0.324 e. The van der Waals surface area contributed by atoms with Gasteiger partial charge >= 0.3 is 0 Å². The van der Waals surface area contributed by atoms with Crippen LogP contribution in [0.3, 0.4) is 0 Å². The topological polar surface area (TPSA) is 26.0 Å². The van der Waals surface area contributed by atoms with Gasteiger partial charge < -0.3 is 5.73 Å². The molecule has 0 amide bonds. The summed E-state index contributed by atoms with van der Waals surface area (Å²) in [7, 11) is 0. The van der Waals surface area contributed by atoms with E-state index in [0.29, 0.717) is 0 Å². The van der Waals surface area contributed by atoms with Crippen LogP contribution in [0.4, 0.5) is 0 Å². The molecular formula is C18H25N. The van der Waals surface area contributed by atoms with Crippen molar-refractivity contribution in [1.82, 2.24) is 0 Å². The fourth-order valence-electron chi connectivity index (χ4n) is 5.65. The fraction of sp³-hybridized carbons (Fsp3) is 0.667. The van der Waals surface area contributed by atoms with E-state index < -0.39 is 0 Å². The highest BCUT2D eigenvalue weighted by molar-refractivity contribution is 5.26. The van der Waals surface area contributed by atoms with Crippen LogP contribution in [0.2, 0.25) is 0 Å². The molecule has 1 aromatic rings. The first-order valence-electron chi connectivity index (χ1n) is 8.03. The second-order valence-electron chi connectivity index (χ2n) is 7.45. The normalized spacial score (nSPS) is 41.5. The molecule has 1 heteroatoms. The predicted molar refractivity (Wildman–Crippen MR) is 78.6 cm³/mol. The fourth-order valence-corrected chi connectivity index (χ4v) is 5.65. The van der Waals surface area contributed by atoms with E-state index in [9.17, 15) is 0 Å². The Morgan fingerprint density at radius 2 is 1.63 bits per heavy atom. The number of hydrogen-bond acceptors (Lipinski definition) is 1. The summed E-state index contributed by atoms with van der Waals surface area (Å²) in [6.45, 7) is 2.17. The second-order valence-corrected chi connectivity index (χ2v) is 7.45. The number of nitrogens with two attached hydrogens (primary N) is 1. The SMILES string of the molecule is Cc1cccc(C(N)C2C3CC4CC(C3)CC2C4)c1. The monoisotopic (exact) mass is 255 g/mol. The highest BCUT2D eigenvalue weighted by Crippen LogP contribution is 2.58. The number of aryl methyl sites for hydroxylation is 1. The molecule has 1 atom stereocenters. The summed E-state index contributed by atoms with van der Waals surface area (Å²) in [4.78, 5) is 0. The van der Waals surface area contributed by atoms with Crippen LogP contribution in [-0.2, 0) is 0 Å². The summed E-state index contributed by atoms with van der Waals surface area (Å²) in [6, 6.07) is 9.15. The van der Waals surface area contributed by atoms with Gasteiger partial charge in [-0.2, -0.15) is 0 Å². The molecule has 1 nitrogen and oxygen atoms in total. The molecule has 102 valence electrons. The van der Waals surface area contributed by atoms with Gasteiger partial charge in [0.05, 0.1) is 0 Å². The van der Waals surface area contributed by atoms with E-state index in [-0.39, 0.29) is 6.04 Å². The van der Waals surface area contributed by atoms with E-state index in [2.05, 4.69) is 31.2 Å². The minimum Gasteiger partial charge on any atom is -0.324 e. The van der Waals surface area contributed by atoms with Gasteiger partial charge in [-0.05, 0) is 74.2 Å². The summed E-state index contributed by atoms with van der Waals surface area (Å²) < 4.78 is 0. The molecule has 4 aliphatic rings. The quantitative estimate of drug-likeness (QED) is 0.847. The van der Waals surface area contributed by atoms with Crippen molar-refractivity contribution in [2.75, 3.05) is 0 Å². The first-order valence-corrected chi connectivity index (χ1v) is 8.03. The molecule has 0 aliphatic heterocycles. The maximum Gasteiger partial charge on any atom is 0.0328 e. The summed E-state index contributed by atoms with van der Waals surface area (Å²) >= 11 is 0. The Balaban J connectivity index is 1.62. The van der Waals surface area contributed by atoms with Crippen molar-refractivity contribution in [1.29, 1.82) is 0 Å². The maximum absolute atomic E-state index is 6.69. The van der Waals surface area contributed by atoms with Crippen molar-refractivity contribution in [2.45, 2.75) is 45.1 Å². The average Bonchev–Trinajstić information content (AvgIpc) is 2.37. The van der Waals surface area contributed by atoms with E-state index in [1.54, 1.807) is 0 Å². The standard InChI is InChI=1S/C18H25N/c1-11-3-2-4-14(5-11)18(19)17-15-7-12-6-13(9-15)10-16(17)8-12/h2-5,12-13,15-18H,6-10,19H2,1H3. The molecule has 0 spiro atoms. The molecule has 0 radical (unpaired) electrons. The average molecular weight is 255 g/mol. The van der Waals surface area contributed by atoms with Crippen molar-refractivity contribution in [2.24, 2.45) is 35.3 Å². The van der Waals surface area contributed by atoms with E-state index in [4.69, 9.17) is 5.73 Å². The lowest BCUT2D eigenvalue weighted by Gasteiger charge is -2.56. The van der Waals surface area contributed by atoms with Gasteiger partial charge in [0.25, 0.3) is 0 Å². The number of rotatable bonds is 2. The third-order valence-electron chi connectivity index (χ3n) is 6.14. The molecular weight excluding hydrogens is 230 g/mol. The van der Waals surface area contributed by atoms with E-state index >= 15 is 0 Å². The van der Waals surface area contributed by atoms with Crippen molar-refractivity contribution >= 4 is 0 Å². The van der Waals surface area contributed by atoms with Crippen molar-refractivity contribution in [3.63, 3.8) is 0 Å². The molecule has 19 heavy (non-hydrogen) atoms. The van der Waals surface area contributed by atoms with Gasteiger partial charge in [-0.3, -0.25) is 0 Å². The van der Waals surface area contributed by atoms with Crippen LogP contribution in [0.15, 0.2) is 24.3 Å². The Kier molecular flexibility index (Phi) is 2.73. The molecule has 1 unspecified atom stereocenters. The zero-order valence-corrected chi connectivity index (χ0v) is 11.9. The maximum atomic E-state index is 6.69. The van der Waals surface area contributed by atoms with Gasteiger partial charge in [0.2, 0.25) is 0 Å². The van der Waals surface area contributed by atoms with Crippen LogP contribution in [0.5, 0.6) is 0 Å². The van der Waals surface area contributed by atoms with Crippen LogP contribution < -0.4 is 5.73 Å². The number of hydrogen-bond donors (Lipinski definition) is 1. The van der Waals surface area contributed by atoms with Gasteiger partial charge in [0.15, 0.2) is 0 Å². The molecule has 0 saturated heterocycles. The zero-order chi connectivity index (χ0) is 13.0. The van der Waals surface area contributed by atoms with E-state index in [1.165, 1.54) is 43.2 Å². The van der Waals surface area contributed by atoms with Crippen molar-refractivity contribution in [3.8, 4) is 0 Å². The Morgan fingerprint density at radius 1 is 1.00 bits per heavy atom. The lowest BCUT2D eigenvalue weighted by Crippen LogP contribution is -2.48. The second kappa shape index (κ2) is 4.34. The lowest BCUT2D eigenvalue weighted by atomic mass is 9.50. The van der Waals surface area contributed by atoms with Crippen LogP contribution in [0, 0.1) is 36.5 Å². The van der Waals surface area contributed by atoms with Crippen molar-refractivity contribution in [3.05, 3.63) is 35.4 Å². The smallest absolute Gasteiger partial charge is 0.0328 e. The van der Waals surface area contributed by atoms with Gasteiger partial charge in [-0.25, -0.2) is 0 Å². The molecule has 5 rings (SSSR count). The third kappa shape index (κ3) is 1.94. The summed E-state index contributed by atoms with van der Waals surface area (Å²) in [5.74, 6) is 4.69. The molecule has 4 aliphatic carbocycles. The Bertz CT molecular complexity index is 450. The van der Waals surface area contributed by atoms with E-state index in [1.807, 2.05) is 0 Å². The molecule has 2 N–H and O–H groups in total. The van der Waals surface area contributed by atoms with Gasteiger partial charge in [0, 0.05) is 6.04 Å². The lowest BCUT2D eigenvalue weighted by molar-refractivity contribution is -0.0471. The van der Waals surface area contributed by atoms with Crippen LogP contribution in [0.1, 0.15) is 49.3 Å². The van der Waals surface area contributed by atoms with Gasteiger partial charge in [-0.15, -0.1) is 0 Å². The minimum absolute atomic E-state index is 0.273. The third-order valence-corrected chi connectivity index (χ3v) is 6.14. The molecule has 1 aromatic carbocycles. The Morgan fingerprint density at radius 3 is 2.21 bits per heavy atom. The first-order chi connectivity index (χ1) is 9.20. The zero-order valence-electron chi connectivity index (χ0n) is 11.9. The van der Waals surface area contributed by atoms with Crippen LogP contribution in [-0.4, -0.2) is 0 Å².